The number of hydrogen-bond acceptors (Lipinski definition) is 3. The summed E-state index contributed by atoms with van der Waals surface area (Å²) < 4.78 is 28.1. The van der Waals surface area contributed by atoms with Gasteiger partial charge < -0.3 is 10.4 Å². The number of carboxylic acid groups (broad SMARTS) is 1. The molecule has 0 bridgehead atoms. The zero-order valence-electron chi connectivity index (χ0n) is 13.1. The van der Waals surface area contributed by atoms with E-state index in [1.807, 2.05) is 0 Å². The van der Waals surface area contributed by atoms with Gasteiger partial charge >= 0.3 is 6.09 Å². The number of amides is 1. The summed E-state index contributed by atoms with van der Waals surface area (Å²) in [4.78, 5) is 14.9. The number of rotatable bonds is 5. The molecule has 124 valence electrons. The van der Waals surface area contributed by atoms with Crippen LogP contribution in [0.4, 0.5) is 13.6 Å². The molecule has 1 aromatic carbocycles. The van der Waals surface area contributed by atoms with Crippen LogP contribution in [-0.2, 0) is 6.54 Å². The summed E-state index contributed by atoms with van der Waals surface area (Å²) in [5.41, 5.74) is -0.373. The van der Waals surface area contributed by atoms with Crippen molar-refractivity contribution in [3.63, 3.8) is 0 Å². The molecule has 0 aliphatic carbocycles. The Kier molecular flexibility index (Phi) is 4.63. The summed E-state index contributed by atoms with van der Waals surface area (Å²) in [5.74, 6) is -0.581. The highest BCUT2D eigenvalue weighted by Gasteiger charge is 2.21. The first-order valence-electron chi connectivity index (χ1n) is 7.05. The Labute approximate surface area is 132 Å². The molecule has 1 aromatic heterocycles. The van der Waals surface area contributed by atoms with Crippen LogP contribution in [0.25, 0.3) is 11.4 Å². The lowest BCUT2D eigenvalue weighted by atomic mass is 10.0. The van der Waals surface area contributed by atoms with Crippen molar-refractivity contribution in [2.45, 2.75) is 39.3 Å². The Morgan fingerprint density at radius 3 is 2.48 bits per heavy atom. The average molecular weight is 324 g/mol. The van der Waals surface area contributed by atoms with Crippen LogP contribution < -0.4 is 5.32 Å². The van der Waals surface area contributed by atoms with E-state index in [-0.39, 0.29) is 11.4 Å². The van der Waals surface area contributed by atoms with Gasteiger partial charge in [0.1, 0.15) is 17.5 Å². The molecule has 0 atom stereocenters. The van der Waals surface area contributed by atoms with Crippen molar-refractivity contribution in [2.75, 3.05) is 0 Å². The fourth-order valence-corrected chi connectivity index (χ4v) is 2.17. The average Bonchev–Trinajstić information content (AvgIpc) is 2.75. The van der Waals surface area contributed by atoms with E-state index in [2.05, 4.69) is 15.4 Å². The summed E-state index contributed by atoms with van der Waals surface area (Å²) in [6.07, 6.45) is -0.610. The van der Waals surface area contributed by atoms with Crippen LogP contribution in [-0.4, -0.2) is 31.5 Å². The van der Waals surface area contributed by atoms with Crippen molar-refractivity contribution in [1.82, 2.24) is 20.1 Å². The van der Waals surface area contributed by atoms with Crippen molar-refractivity contribution in [3.05, 3.63) is 35.7 Å². The van der Waals surface area contributed by atoms with Crippen LogP contribution in [0.2, 0.25) is 0 Å². The standard InChI is InChI=1S/C15H18F2N4O2/c1-9-18-13(10-6-11(16)8-12(17)7-10)20-21(9)5-4-15(2,3)19-14(22)23/h6-8,19H,4-5H2,1-3H3,(H,22,23). The third kappa shape index (κ3) is 4.48. The third-order valence-electron chi connectivity index (χ3n) is 3.37. The van der Waals surface area contributed by atoms with Gasteiger partial charge in [-0.1, -0.05) is 0 Å². The molecule has 6 nitrogen and oxygen atoms in total. The van der Waals surface area contributed by atoms with E-state index in [0.717, 1.165) is 18.2 Å². The second-order valence-electron chi connectivity index (χ2n) is 5.93. The van der Waals surface area contributed by atoms with Crippen LogP contribution in [0.15, 0.2) is 18.2 Å². The van der Waals surface area contributed by atoms with Gasteiger partial charge in [0.2, 0.25) is 0 Å². The fraction of sp³-hybridized carbons (Fsp3) is 0.400. The molecule has 0 saturated heterocycles. The topological polar surface area (TPSA) is 80.0 Å². The van der Waals surface area contributed by atoms with E-state index < -0.39 is 23.3 Å². The maximum atomic E-state index is 13.3. The number of aromatic nitrogens is 3. The molecule has 0 unspecified atom stereocenters. The molecule has 0 radical (unpaired) electrons. The van der Waals surface area contributed by atoms with E-state index in [1.165, 1.54) is 0 Å². The normalized spacial score (nSPS) is 11.5. The van der Waals surface area contributed by atoms with E-state index in [1.54, 1.807) is 25.5 Å². The van der Waals surface area contributed by atoms with Crippen molar-refractivity contribution in [3.8, 4) is 11.4 Å². The van der Waals surface area contributed by atoms with Gasteiger partial charge in [-0.15, -0.1) is 0 Å². The lowest BCUT2D eigenvalue weighted by Crippen LogP contribution is -2.43. The Hall–Kier alpha value is -2.51. The quantitative estimate of drug-likeness (QED) is 0.886. The minimum atomic E-state index is -1.10. The van der Waals surface area contributed by atoms with Gasteiger partial charge in [-0.05, 0) is 39.3 Å². The first kappa shape index (κ1) is 16.9. The summed E-state index contributed by atoms with van der Waals surface area (Å²) >= 11 is 0. The molecule has 0 aliphatic heterocycles. The number of benzene rings is 1. The summed E-state index contributed by atoms with van der Waals surface area (Å²) in [6.45, 7) is 5.67. The molecule has 1 amide bonds. The van der Waals surface area contributed by atoms with E-state index in [4.69, 9.17) is 5.11 Å². The molecular weight excluding hydrogens is 306 g/mol. The zero-order chi connectivity index (χ0) is 17.2. The first-order chi connectivity index (χ1) is 10.7. The van der Waals surface area contributed by atoms with Crippen LogP contribution in [0.5, 0.6) is 0 Å². The second-order valence-corrected chi connectivity index (χ2v) is 5.93. The Bertz CT molecular complexity index is 708. The van der Waals surface area contributed by atoms with E-state index >= 15 is 0 Å². The zero-order valence-corrected chi connectivity index (χ0v) is 13.1. The molecular formula is C15H18F2N4O2. The molecule has 0 aliphatic rings. The van der Waals surface area contributed by atoms with Gasteiger partial charge in [-0.2, -0.15) is 5.10 Å². The van der Waals surface area contributed by atoms with Gasteiger partial charge in [0.05, 0.1) is 0 Å². The van der Waals surface area contributed by atoms with Crippen molar-refractivity contribution >= 4 is 6.09 Å². The predicted octanol–water partition coefficient (Wildman–Crippen LogP) is 2.97. The highest BCUT2D eigenvalue weighted by molar-refractivity contribution is 5.65. The number of carbonyl (C=O) groups is 1. The first-order valence-corrected chi connectivity index (χ1v) is 7.05. The maximum Gasteiger partial charge on any atom is 0.405 e. The van der Waals surface area contributed by atoms with Crippen LogP contribution in [0.1, 0.15) is 26.1 Å². The maximum absolute atomic E-state index is 13.3. The Morgan fingerprint density at radius 2 is 1.91 bits per heavy atom. The van der Waals surface area contributed by atoms with Crippen LogP contribution in [0, 0.1) is 18.6 Å². The molecule has 2 rings (SSSR count). The Balaban J connectivity index is 2.17. The number of aryl methyl sites for hydroxylation is 2. The highest BCUT2D eigenvalue weighted by Crippen LogP contribution is 2.19. The molecule has 8 heteroatoms. The third-order valence-corrected chi connectivity index (χ3v) is 3.37. The van der Waals surface area contributed by atoms with E-state index in [0.29, 0.717) is 18.8 Å². The van der Waals surface area contributed by atoms with Crippen molar-refractivity contribution < 1.29 is 18.7 Å². The Morgan fingerprint density at radius 1 is 1.30 bits per heavy atom. The highest BCUT2D eigenvalue weighted by atomic mass is 19.1. The van der Waals surface area contributed by atoms with Gasteiger partial charge in [-0.25, -0.2) is 23.2 Å². The van der Waals surface area contributed by atoms with Gasteiger partial charge in [0.25, 0.3) is 0 Å². The van der Waals surface area contributed by atoms with Crippen molar-refractivity contribution in [1.29, 1.82) is 0 Å². The fourth-order valence-electron chi connectivity index (χ4n) is 2.17. The summed E-state index contributed by atoms with van der Waals surface area (Å²) in [7, 11) is 0. The van der Waals surface area contributed by atoms with E-state index in [9.17, 15) is 13.6 Å². The lowest BCUT2D eigenvalue weighted by Gasteiger charge is -2.24. The summed E-state index contributed by atoms with van der Waals surface area (Å²) in [5, 5.41) is 15.4. The van der Waals surface area contributed by atoms with Gasteiger partial charge in [-0.3, -0.25) is 0 Å². The second kappa shape index (κ2) is 6.31. The largest absolute Gasteiger partial charge is 0.465 e. The van der Waals surface area contributed by atoms with Gasteiger partial charge in [0, 0.05) is 23.7 Å². The predicted molar refractivity (Wildman–Crippen MR) is 80.0 cm³/mol. The number of hydrogen-bond donors (Lipinski definition) is 2. The molecule has 23 heavy (non-hydrogen) atoms. The minimum Gasteiger partial charge on any atom is -0.465 e. The molecule has 0 fully saturated rings. The molecule has 0 saturated carbocycles. The number of nitrogens with one attached hydrogen (secondary N) is 1. The lowest BCUT2D eigenvalue weighted by molar-refractivity contribution is 0.179. The van der Waals surface area contributed by atoms with Crippen LogP contribution in [0.3, 0.4) is 0 Å². The number of halogens is 2. The minimum absolute atomic E-state index is 0.227. The molecule has 1 heterocycles. The van der Waals surface area contributed by atoms with Crippen LogP contribution >= 0.6 is 0 Å². The van der Waals surface area contributed by atoms with Crippen molar-refractivity contribution in [2.24, 2.45) is 0 Å². The smallest absolute Gasteiger partial charge is 0.405 e. The molecule has 2 N–H and O–H groups in total. The van der Waals surface area contributed by atoms with Gasteiger partial charge in [0.15, 0.2) is 5.82 Å². The number of nitrogens with zero attached hydrogens (tertiary/aromatic N) is 3. The molecule has 0 spiro atoms. The molecule has 2 aromatic rings. The SMILES string of the molecule is Cc1nc(-c2cc(F)cc(F)c2)nn1CCC(C)(C)NC(=O)O. The monoisotopic (exact) mass is 324 g/mol. The summed E-state index contributed by atoms with van der Waals surface area (Å²) in [6, 6.07) is 3.11.